The third-order valence-electron chi connectivity index (χ3n) is 3.82. The van der Waals surface area contributed by atoms with Gasteiger partial charge in [-0.3, -0.25) is 4.90 Å². The molecule has 1 aromatic rings. The quantitative estimate of drug-likeness (QED) is 0.895. The average molecular weight is 279 g/mol. The van der Waals surface area contributed by atoms with E-state index in [-0.39, 0.29) is 0 Å². The topological polar surface area (TPSA) is 28.2 Å². The van der Waals surface area contributed by atoms with Crippen LogP contribution in [0, 0.1) is 0 Å². The highest BCUT2D eigenvalue weighted by molar-refractivity contribution is 8.00. The van der Waals surface area contributed by atoms with Crippen molar-refractivity contribution in [1.82, 2.24) is 9.88 Å². The van der Waals surface area contributed by atoms with Crippen LogP contribution in [0.15, 0.2) is 18.3 Å². The Labute approximate surface area is 121 Å². The molecule has 0 bridgehead atoms. The first-order valence-electron chi connectivity index (χ1n) is 7.25. The first kappa shape index (κ1) is 14.7. The van der Waals surface area contributed by atoms with Crippen molar-refractivity contribution in [3.8, 4) is 0 Å². The number of hydrogen-bond donors (Lipinski definition) is 1. The van der Waals surface area contributed by atoms with E-state index in [4.69, 9.17) is 0 Å². The predicted molar refractivity (Wildman–Crippen MR) is 84.8 cm³/mol. The molecule has 0 amide bonds. The molecule has 106 valence electrons. The van der Waals surface area contributed by atoms with Crippen molar-refractivity contribution >= 4 is 17.6 Å². The Kier molecular flexibility index (Phi) is 5.52. The second kappa shape index (κ2) is 7.15. The van der Waals surface area contributed by atoms with Gasteiger partial charge >= 0.3 is 0 Å². The lowest BCUT2D eigenvalue weighted by Gasteiger charge is -2.37. The zero-order valence-electron chi connectivity index (χ0n) is 12.2. The van der Waals surface area contributed by atoms with Crippen LogP contribution in [0.4, 0.5) is 5.82 Å². The van der Waals surface area contributed by atoms with Crippen LogP contribution >= 0.6 is 11.8 Å². The Morgan fingerprint density at radius 1 is 1.47 bits per heavy atom. The highest BCUT2D eigenvalue weighted by atomic mass is 32.2. The molecule has 2 rings (SSSR count). The molecule has 0 radical (unpaired) electrons. The van der Waals surface area contributed by atoms with Crippen LogP contribution in [-0.2, 0) is 6.54 Å². The fraction of sp³-hybridized carbons (Fsp3) is 0.667. The first-order chi connectivity index (χ1) is 9.22. The van der Waals surface area contributed by atoms with E-state index in [9.17, 15) is 0 Å². The first-order valence-corrected chi connectivity index (χ1v) is 8.30. The standard InChI is InChI=1S/C15H25N3S/c1-4-7-16-15-14(6-5-8-17-15)11-18-9-10-19-13(3)12(18)2/h5-6,8,12-13H,4,7,9-11H2,1-3H3,(H,16,17). The molecular weight excluding hydrogens is 254 g/mol. The summed E-state index contributed by atoms with van der Waals surface area (Å²) in [5, 5.41) is 4.16. The number of pyridine rings is 1. The highest BCUT2D eigenvalue weighted by Gasteiger charge is 2.25. The smallest absolute Gasteiger partial charge is 0.130 e. The van der Waals surface area contributed by atoms with Gasteiger partial charge in [0, 0.05) is 48.4 Å². The van der Waals surface area contributed by atoms with Crippen LogP contribution in [0.5, 0.6) is 0 Å². The lowest BCUT2D eigenvalue weighted by atomic mass is 10.1. The molecule has 3 nitrogen and oxygen atoms in total. The van der Waals surface area contributed by atoms with E-state index in [2.05, 4.69) is 53.8 Å². The van der Waals surface area contributed by atoms with Crippen LogP contribution in [0.25, 0.3) is 0 Å². The molecule has 2 unspecified atom stereocenters. The second-order valence-corrected chi connectivity index (χ2v) is 6.71. The molecule has 0 spiro atoms. The molecule has 1 aliphatic rings. The van der Waals surface area contributed by atoms with Gasteiger partial charge in [-0.15, -0.1) is 0 Å². The van der Waals surface area contributed by atoms with Gasteiger partial charge in [-0.25, -0.2) is 4.98 Å². The normalized spacial score (nSPS) is 24.4. The van der Waals surface area contributed by atoms with Gasteiger partial charge in [0.1, 0.15) is 5.82 Å². The molecule has 0 saturated carbocycles. The summed E-state index contributed by atoms with van der Waals surface area (Å²) in [4.78, 5) is 7.06. The maximum atomic E-state index is 4.48. The Hall–Kier alpha value is -0.740. The van der Waals surface area contributed by atoms with Crippen molar-refractivity contribution < 1.29 is 0 Å². The van der Waals surface area contributed by atoms with Gasteiger partial charge in [-0.2, -0.15) is 11.8 Å². The zero-order chi connectivity index (χ0) is 13.7. The number of hydrogen-bond acceptors (Lipinski definition) is 4. The van der Waals surface area contributed by atoms with E-state index >= 15 is 0 Å². The Balaban J connectivity index is 2.05. The van der Waals surface area contributed by atoms with Crippen molar-refractivity contribution in [2.24, 2.45) is 0 Å². The van der Waals surface area contributed by atoms with Gasteiger partial charge in [-0.05, 0) is 19.4 Å². The molecule has 1 aliphatic heterocycles. The molecule has 0 aromatic carbocycles. The number of rotatable bonds is 5. The summed E-state index contributed by atoms with van der Waals surface area (Å²) in [6.07, 6.45) is 3.00. The van der Waals surface area contributed by atoms with E-state index in [1.165, 1.54) is 17.9 Å². The number of nitrogens with zero attached hydrogens (tertiary/aromatic N) is 2. The molecule has 1 aromatic heterocycles. The monoisotopic (exact) mass is 279 g/mol. The van der Waals surface area contributed by atoms with Crippen LogP contribution in [0.3, 0.4) is 0 Å². The summed E-state index contributed by atoms with van der Waals surface area (Å²) < 4.78 is 0. The van der Waals surface area contributed by atoms with E-state index in [1.807, 2.05) is 12.3 Å². The van der Waals surface area contributed by atoms with E-state index in [0.29, 0.717) is 6.04 Å². The molecule has 4 heteroatoms. The maximum Gasteiger partial charge on any atom is 0.130 e. The van der Waals surface area contributed by atoms with Crippen LogP contribution in [0.1, 0.15) is 32.8 Å². The Bertz CT molecular complexity index is 397. The second-order valence-electron chi connectivity index (χ2n) is 5.22. The van der Waals surface area contributed by atoms with Crippen molar-refractivity contribution in [1.29, 1.82) is 0 Å². The predicted octanol–water partition coefficient (Wildman–Crippen LogP) is 3.23. The van der Waals surface area contributed by atoms with Gasteiger partial charge < -0.3 is 5.32 Å². The highest BCUT2D eigenvalue weighted by Crippen LogP contribution is 2.26. The third-order valence-corrected chi connectivity index (χ3v) is 5.16. The van der Waals surface area contributed by atoms with Crippen LogP contribution in [0.2, 0.25) is 0 Å². The maximum absolute atomic E-state index is 4.48. The Morgan fingerprint density at radius 3 is 3.11 bits per heavy atom. The Morgan fingerprint density at radius 2 is 2.32 bits per heavy atom. The summed E-state index contributed by atoms with van der Waals surface area (Å²) >= 11 is 2.09. The summed E-state index contributed by atoms with van der Waals surface area (Å²) in [7, 11) is 0. The van der Waals surface area contributed by atoms with Crippen molar-refractivity contribution in [3.05, 3.63) is 23.9 Å². The number of aromatic nitrogens is 1. The van der Waals surface area contributed by atoms with Gasteiger partial charge in [0.05, 0.1) is 0 Å². The van der Waals surface area contributed by atoms with E-state index in [1.54, 1.807) is 0 Å². The molecule has 19 heavy (non-hydrogen) atoms. The van der Waals surface area contributed by atoms with Crippen LogP contribution in [-0.4, -0.2) is 40.0 Å². The van der Waals surface area contributed by atoms with Crippen molar-refractivity contribution in [2.45, 2.75) is 45.0 Å². The van der Waals surface area contributed by atoms with Gasteiger partial charge in [0.25, 0.3) is 0 Å². The van der Waals surface area contributed by atoms with Crippen LogP contribution < -0.4 is 5.32 Å². The summed E-state index contributed by atoms with van der Waals surface area (Å²) in [6.45, 7) is 10.0. The number of anilines is 1. The largest absolute Gasteiger partial charge is 0.370 e. The fourth-order valence-electron chi connectivity index (χ4n) is 2.41. The minimum absolute atomic E-state index is 0.637. The summed E-state index contributed by atoms with van der Waals surface area (Å²) in [6, 6.07) is 4.88. The molecule has 0 aliphatic carbocycles. The molecule has 1 saturated heterocycles. The van der Waals surface area contributed by atoms with E-state index in [0.717, 1.165) is 30.6 Å². The summed E-state index contributed by atoms with van der Waals surface area (Å²) in [5.74, 6) is 2.30. The fourth-order valence-corrected chi connectivity index (χ4v) is 3.57. The van der Waals surface area contributed by atoms with Crippen molar-refractivity contribution in [2.75, 3.05) is 24.2 Å². The lowest BCUT2D eigenvalue weighted by Crippen LogP contribution is -2.44. The minimum Gasteiger partial charge on any atom is -0.370 e. The lowest BCUT2D eigenvalue weighted by molar-refractivity contribution is 0.204. The summed E-state index contributed by atoms with van der Waals surface area (Å²) in [5.41, 5.74) is 1.32. The van der Waals surface area contributed by atoms with E-state index < -0.39 is 0 Å². The molecular formula is C15H25N3S. The molecule has 1 N–H and O–H groups in total. The molecule has 1 fully saturated rings. The number of thioether (sulfide) groups is 1. The average Bonchev–Trinajstić information content (AvgIpc) is 2.43. The van der Waals surface area contributed by atoms with Crippen molar-refractivity contribution in [3.63, 3.8) is 0 Å². The van der Waals surface area contributed by atoms with Gasteiger partial charge in [-0.1, -0.05) is 19.9 Å². The minimum atomic E-state index is 0.637. The molecule has 2 atom stereocenters. The molecule has 2 heterocycles. The van der Waals surface area contributed by atoms with Gasteiger partial charge in [0.15, 0.2) is 0 Å². The third kappa shape index (κ3) is 3.86. The van der Waals surface area contributed by atoms with Gasteiger partial charge in [0.2, 0.25) is 0 Å². The number of nitrogens with one attached hydrogen (secondary N) is 1. The SMILES string of the molecule is CCCNc1ncccc1CN1CCSC(C)C1C. The zero-order valence-corrected chi connectivity index (χ0v) is 13.0.